The quantitative estimate of drug-likeness (QED) is 0.766. The average Bonchev–Trinajstić information content (AvgIpc) is 2.65. The Kier molecular flexibility index (Phi) is 2.73. The van der Waals surface area contributed by atoms with E-state index in [4.69, 9.17) is 10.5 Å². The Bertz CT molecular complexity index is 355. The number of ether oxygens (including phenoxy) is 1. The molecular weight excluding hydrogens is 192 g/mol. The van der Waals surface area contributed by atoms with E-state index in [1.807, 2.05) is 6.07 Å². The molecule has 1 aliphatic rings. The fourth-order valence-electron chi connectivity index (χ4n) is 1.95. The molecule has 1 atom stereocenters. The second-order valence-electron chi connectivity index (χ2n) is 3.98. The zero-order valence-corrected chi connectivity index (χ0v) is 9.10. The summed E-state index contributed by atoms with van der Waals surface area (Å²) in [5, 5.41) is 8.10. The lowest BCUT2D eigenvalue weighted by atomic mass is 10.0. The van der Waals surface area contributed by atoms with Crippen molar-refractivity contribution in [2.24, 2.45) is 0 Å². The van der Waals surface area contributed by atoms with Gasteiger partial charge in [-0.2, -0.15) is 5.10 Å². The van der Waals surface area contributed by atoms with Crippen molar-refractivity contribution in [1.82, 2.24) is 15.1 Å². The molecular formula is C10H16N4O. The molecule has 1 saturated heterocycles. The first kappa shape index (κ1) is 10.2. The van der Waals surface area contributed by atoms with Gasteiger partial charge in [0.2, 0.25) is 0 Å². The van der Waals surface area contributed by atoms with Gasteiger partial charge in [-0.05, 0) is 26.1 Å². The molecule has 0 spiro atoms. The average molecular weight is 208 g/mol. The van der Waals surface area contributed by atoms with E-state index in [1.165, 1.54) is 0 Å². The van der Waals surface area contributed by atoms with E-state index in [2.05, 4.69) is 22.1 Å². The minimum absolute atomic E-state index is 0.408. The van der Waals surface area contributed by atoms with Crippen molar-refractivity contribution in [1.29, 1.82) is 0 Å². The van der Waals surface area contributed by atoms with Crippen LogP contribution in [0.15, 0.2) is 6.07 Å². The summed E-state index contributed by atoms with van der Waals surface area (Å²) >= 11 is 0. The Hall–Kier alpha value is -1.36. The Balaban J connectivity index is 2.19. The van der Waals surface area contributed by atoms with Gasteiger partial charge in [0.1, 0.15) is 0 Å². The highest BCUT2D eigenvalue weighted by Crippen LogP contribution is 2.27. The van der Waals surface area contributed by atoms with Crippen LogP contribution in [-0.2, 0) is 0 Å². The highest BCUT2D eigenvalue weighted by Gasteiger charge is 2.23. The molecule has 1 aliphatic heterocycles. The van der Waals surface area contributed by atoms with Gasteiger partial charge < -0.3 is 15.4 Å². The van der Waals surface area contributed by atoms with E-state index in [1.54, 1.807) is 7.11 Å². The molecule has 1 aromatic heterocycles. The molecule has 1 aromatic rings. The molecule has 0 aliphatic carbocycles. The third kappa shape index (κ3) is 2.02. The van der Waals surface area contributed by atoms with Crippen LogP contribution in [0, 0.1) is 0 Å². The molecule has 0 bridgehead atoms. The first-order chi connectivity index (χ1) is 7.20. The zero-order chi connectivity index (χ0) is 10.8. The zero-order valence-electron chi connectivity index (χ0n) is 9.10. The molecule has 5 heteroatoms. The van der Waals surface area contributed by atoms with Crippen molar-refractivity contribution in [3.05, 3.63) is 11.8 Å². The topological polar surface area (TPSA) is 64.3 Å². The number of likely N-dealkylation sites (tertiary alicyclic amines) is 1. The summed E-state index contributed by atoms with van der Waals surface area (Å²) in [6.45, 7) is 2.14. The number of nitrogens with zero attached hydrogens (tertiary/aromatic N) is 3. The number of anilines is 1. The molecule has 0 aromatic carbocycles. The van der Waals surface area contributed by atoms with Gasteiger partial charge in [0.15, 0.2) is 0 Å². The number of methoxy groups -OCH3 is 1. The Morgan fingerprint density at radius 1 is 1.53 bits per heavy atom. The number of aromatic nitrogens is 2. The molecule has 0 saturated carbocycles. The predicted molar refractivity (Wildman–Crippen MR) is 57.9 cm³/mol. The summed E-state index contributed by atoms with van der Waals surface area (Å²) in [5.41, 5.74) is 7.33. The summed E-state index contributed by atoms with van der Waals surface area (Å²) in [4.78, 5) is 2.28. The van der Waals surface area contributed by atoms with Crippen LogP contribution in [0.1, 0.15) is 18.0 Å². The summed E-state index contributed by atoms with van der Waals surface area (Å²) in [5.74, 6) is 0.862. The monoisotopic (exact) mass is 208 g/mol. The van der Waals surface area contributed by atoms with E-state index in [-0.39, 0.29) is 0 Å². The lowest BCUT2D eigenvalue weighted by Gasteiger charge is -2.10. The van der Waals surface area contributed by atoms with Crippen molar-refractivity contribution in [2.75, 3.05) is 33.0 Å². The smallest absolute Gasteiger partial charge is 0.256 e. The number of hydrogen-bond acceptors (Lipinski definition) is 5. The van der Waals surface area contributed by atoms with E-state index in [0.29, 0.717) is 17.5 Å². The van der Waals surface area contributed by atoms with Crippen LogP contribution in [0.2, 0.25) is 0 Å². The molecule has 5 nitrogen and oxygen atoms in total. The highest BCUT2D eigenvalue weighted by molar-refractivity contribution is 5.48. The lowest BCUT2D eigenvalue weighted by molar-refractivity contribution is 0.391. The molecule has 0 amide bonds. The van der Waals surface area contributed by atoms with Gasteiger partial charge >= 0.3 is 0 Å². The van der Waals surface area contributed by atoms with E-state index in [0.717, 1.165) is 25.2 Å². The maximum atomic E-state index is 5.79. The summed E-state index contributed by atoms with van der Waals surface area (Å²) in [6, 6.07) is 1.87. The Morgan fingerprint density at radius 2 is 2.33 bits per heavy atom. The van der Waals surface area contributed by atoms with Crippen LogP contribution in [0.3, 0.4) is 0 Å². The van der Waals surface area contributed by atoms with Crippen LogP contribution in [0.4, 0.5) is 5.69 Å². The van der Waals surface area contributed by atoms with Crippen molar-refractivity contribution < 1.29 is 4.74 Å². The standard InChI is InChI=1S/C10H16N4O/c1-14-4-3-7(6-14)9-5-8(11)10(15-2)13-12-9/h5,7H,3-4,6H2,1-2H3,(H2,11,12). The fraction of sp³-hybridized carbons (Fsp3) is 0.600. The van der Waals surface area contributed by atoms with Crippen molar-refractivity contribution >= 4 is 5.69 Å². The SMILES string of the molecule is COc1nnc(C2CCN(C)C2)cc1N. The largest absolute Gasteiger partial charge is 0.478 e. The number of rotatable bonds is 2. The van der Waals surface area contributed by atoms with Crippen LogP contribution < -0.4 is 10.5 Å². The van der Waals surface area contributed by atoms with Gasteiger partial charge in [-0.3, -0.25) is 0 Å². The first-order valence-corrected chi connectivity index (χ1v) is 5.06. The number of likely N-dealkylation sites (N-methyl/N-ethyl adjacent to an activating group) is 1. The second-order valence-corrected chi connectivity index (χ2v) is 3.98. The molecule has 1 fully saturated rings. The van der Waals surface area contributed by atoms with Gasteiger partial charge in [-0.25, -0.2) is 0 Å². The molecule has 82 valence electrons. The molecule has 0 radical (unpaired) electrons. The molecule has 15 heavy (non-hydrogen) atoms. The maximum absolute atomic E-state index is 5.79. The maximum Gasteiger partial charge on any atom is 0.256 e. The third-order valence-corrected chi connectivity index (χ3v) is 2.81. The normalized spacial score (nSPS) is 21.9. The molecule has 2 rings (SSSR count). The summed E-state index contributed by atoms with van der Waals surface area (Å²) in [7, 11) is 3.66. The fourth-order valence-corrected chi connectivity index (χ4v) is 1.95. The van der Waals surface area contributed by atoms with Gasteiger partial charge in [0.05, 0.1) is 18.5 Å². The van der Waals surface area contributed by atoms with Crippen molar-refractivity contribution in [3.63, 3.8) is 0 Å². The summed E-state index contributed by atoms with van der Waals surface area (Å²) in [6.07, 6.45) is 1.12. The minimum Gasteiger partial charge on any atom is -0.478 e. The van der Waals surface area contributed by atoms with Gasteiger partial charge in [-0.15, -0.1) is 5.10 Å². The number of nitrogens with two attached hydrogens (primary N) is 1. The first-order valence-electron chi connectivity index (χ1n) is 5.06. The second kappa shape index (κ2) is 4.02. The van der Waals surface area contributed by atoms with Crippen LogP contribution in [-0.4, -0.2) is 42.3 Å². The van der Waals surface area contributed by atoms with Crippen LogP contribution >= 0.6 is 0 Å². The highest BCUT2D eigenvalue weighted by atomic mass is 16.5. The van der Waals surface area contributed by atoms with E-state index >= 15 is 0 Å². The van der Waals surface area contributed by atoms with Gasteiger partial charge in [0, 0.05) is 12.5 Å². The van der Waals surface area contributed by atoms with Crippen molar-refractivity contribution in [3.8, 4) is 5.88 Å². The van der Waals surface area contributed by atoms with Crippen LogP contribution in [0.5, 0.6) is 5.88 Å². The van der Waals surface area contributed by atoms with E-state index < -0.39 is 0 Å². The lowest BCUT2D eigenvalue weighted by Crippen LogP contribution is -2.14. The Morgan fingerprint density at radius 3 is 2.87 bits per heavy atom. The summed E-state index contributed by atoms with van der Waals surface area (Å²) < 4.78 is 4.97. The molecule has 2 heterocycles. The van der Waals surface area contributed by atoms with Gasteiger partial charge in [-0.1, -0.05) is 0 Å². The van der Waals surface area contributed by atoms with Crippen LogP contribution in [0.25, 0.3) is 0 Å². The predicted octanol–water partition coefficient (Wildman–Crippen LogP) is 0.487. The minimum atomic E-state index is 0.408. The molecule has 1 unspecified atom stereocenters. The Labute approximate surface area is 89.2 Å². The van der Waals surface area contributed by atoms with Gasteiger partial charge in [0.25, 0.3) is 5.88 Å². The third-order valence-electron chi connectivity index (χ3n) is 2.81. The van der Waals surface area contributed by atoms with E-state index in [9.17, 15) is 0 Å². The van der Waals surface area contributed by atoms with Crippen molar-refractivity contribution in [2.45, 2.75) is 12.3 Å². The number of hydrogen-bond donors (Lipinski definition) is 1. The number of nitrogen functional groups attached to an aromatic ring is 1. The molecule has 2 N–H and O–H groups in total.